The summed E-state index contributed by atoms with van der Waals surface area (Å²) in [5.74, 6) is 1.16. The Bertz CT molecular complexity index is 1250. The molecule has 0 aliphatic heterocycles. The standard InChI is InChI=1S/C37H44O6/c1-5-11-34(43-37(38)6-2)14-10-15-35(41-27-30-17-21-32(39-3)22-18-30)26-36(25-16-29-12-8-7-9-13-29)42-28-31-19-23-33(40-4)24-20-31/h5-10,12-14,17-24,34-36H,1-2,11,15-16,25-28H2,3-4H3/b14-10+/t34-,35+,36+/m1/s1. The van der Waals surface area contributed by atoms with E-state index in [4.69, 9.17) is 23.7 Å². The molecule has 0 unspecified atom stereocenters. The van der Waals surface area contributed by atoms with Crippen molar-refractivity contribution in [2.24, 2.45) is 0 Å². The summed E-state index contributed by atoms with van der Waals surface area (Å²) in [4.78, 5) is 11.8. The second kappa shape index (κ2) is 19.1. The lowest BCUT2D eigenvalue weighted by atomic mass is 10.0. The normalized spacial score (nSPS) is 13.2. The topological polar surface area (TPSA) is 63.2 Å². The van der Waals surface area contributed by atoms with E-state index in [0.29, 0.717) is 32.5 Å². The Balaban J connectivity index is 1.74. The summed E-state index contributed by atoms with van der Waals surface area (Å²) in [5, 5.41) is 0. The van der Waals surface area contributed by atoms with Gasteiger partial charge in [0.05, 0.1) is 39.6 Å². The Morgan fingerprint density at radius 1 is 0.744 bits per heavy atom. The maximum Gasteiger partial charge on any atom is 0.330 e. The van der Waals surface area contributed by atoms with Crippen molar-refractivity contribution in [3.05, 3.63) is 133 Å². The minimum atomic E-state index is -0.461. The van der Waals surface area contributed by atoms with E-state index in [1.165, 1.54) is 11.6 Å². The van der Waals surface area contributed by atoms with Gasteiger partial charge in [0, 0.05) is 18.9 Å². The van der Waals surface area contributed by atoms with Crippen LogP contribution >= 0.6 is 0 Å². The third-order valence-electron chi connectivity index (χ3n) is 7.00. The van der Waals surface area contributed by atoms with Crippen molar-refractivity contribution in [3.63, 3.8) is 0 Å². The molecule has 0 fully saturated rings. The molecular weight excluding hydrogens is 540 g/mol. The number of methoxy groups -OCH3 is 2. The third kappa shape index (κ3) is 12.7. The molecule has 43 heavy (non-hydrogen) atoms. The van der Waals surface area contributed by atoms with Gasteiger partial charge in [0.15, 0.2) is 0 Å². The molecule has 6 heteroatoms. The molecule has 0 amide bonds. The predicted octanol–water partition coefficient (Wildman–Crippen LogP) is 7.82. The van der Waals surface area contributed by atoms with E-state index in [9.17, 15) is 4.79 Å². The van der Waals surface area contributed by atoms with Gasteiger partial charge in [-0.1, -0.05) is 73.3 Å². The van der Waals surface area contributed by atoms with Crippen molar-refractivity contribution in [1.29, 1.82) is 0 Å². The Morgan fingerprint density at radius 3 is 1.86 bits per heavy atom. The number of ether oxygens (including phenoxy) is 5. The fourth-order valence-electron chi connectivity index (χ4n) is 4.55. The van der Waals surface area contributed by atoms with Crippen LogP contribution in [0.25, 0.3) is 0 Å². The van der Waals surface area contributed by atoms with Crippen LogP contribution in [0.4, 0.5) is 0 Å². The van der Waals surface area contributed by atoms with E-state index in [1.807, 2.05) is 66.7 Å². The molecule has 0 aliphatic rings. The predicted molar refractivity (Wildman–Crippen MR) is 171 cm³/mol. The van der Waals surface area contributed by atoms with Crippen LogP contribution in [0.15, 0.2) is 116 Å². The van der Waals surface area contributed by atoms with Gasteiger partial charge in [0.25, 0.3) is 0 Å². The first-order chi connectivity index (χ1) is 21.0. The van der Waals surface area contributed by atoms with Gasteiger partial charge in [-0.05, 0) is 66.3 Å². The van der Waals surface area contributed by atoms with Crippen molar-refractivity contribution in [3.8, 4) is 11.5 Å². The molecule has 0 bridgehead atoms. The first-order valence-electron chi connectivity index (χ1n) is 14.7. The smallest absolute Gasteiger partial charge is 0.330 e. The molecule has 6 nitrogen and oxygen atoms in total. The molecule has 3 aromatic rings. The minimum Gasteiger partial charge on any atom is -0.497 e. The summed E-state index contributed by atoms with van der Waals surface area (Å²) in [5.41, 5.74) is 3.41. The van der Waals surface area contributed by atoms with Gasteiger partial charge in [-0.3, -0.25) is 0 Å². The lowest BCUT2D eigenvalue weighted by Crippen LogP contribution is -2.24. The average Bonchev–Trinajstić information content (AvgIpc) is 3.05. The van der Waals surface area contributed by atoms with E-state index in [0.717, 1.165) is 35.5 Å². The van der Waals surface area contributed by atoms with Crippen molar-refractivity contribution in [2.75, 3.05) is 14.2 Å². The largest absolute Gasteiger partial charge is 0.497 e. The number of esters is 1. The summed E-state index contributed by atoms with van der Waals surface area (Å²) in [6.45, 7) is 8.22. The Morgan fingerprint density at radius 2 is 1.33 bits per heavy atom. The van der Waals surface area contributed by atoms with E-state index in [-0.39, 0.29) is 12.2 Å². The SMILES string of the molecule is C=CC[C@H](/C=C/C[C@@H](C[C@H](CCc1ccccc1)OCc1ccc(OC)cc1)OCc1ccc(OC)cc1)OC(=O)C=C. The molecule has 0 heterocycles. The quantitative estimate of drug-likeness (QED) is 0.0767. The van der Waals surface area contributed by atoms with Crippen LogP contribution in [-0.2, 0) is 38.6 Å². The first kappa shape index (κ1) is 33.4. The Kier molecular flexibility index (Phi) is 14.9. The number of hydrogen-bond acceptors (Lipinski definition) is 6. The van der Waals surface area contributed by atoms with Crippen LogP contribution in [0.3, 0.4) is 0 Å². The van der Waals surface area contributed by atoms with Crippen LogP contribution in [0.5, 0.6) is 11.5 Å². The molecule has 0 aliphatic carbocycles. The summed E-state index contributed by atoms with van der Waals surface area (Å²) in [6, 6.07) is 26.3. The van der Waals surface area contributed by atoms with Crippen LogP contribution < -0.4 is 9.47 Å². The average molecular weight is 585 g/mol. The monoisotopic (exact) mass is 584 g/mol. The number of rotatable bonds is 20. The van der Waals surface area contributed by atoms with Crippen LogP contribution in [-0.4, -0.2) is 38.5 Å². The van der Waals surface area contributed by atoms with Gasteiger partial charge in [-0.25, -0.2) is 4.79 Å². The second-order valence-corrected chi connectivity index (χ2v) is 10.2. The van der Waals surface area contributed by atoms with Gasteiger partial charge in [-0.15, -0.1) is 6.58 Å². The molecular formula is C37H44O6. The first-order valence-corrected chi connectivity index (χ1v) is 14.7. The van der Waals surface area contributed by atoms with E-state index >= 15 is 0 Å². The zero-order valence-corrected chi connectivity index (χ0v) is 25.4. The number of aryl methyl sites for hydroxylation is 1. The van der Waals surface area contributed by atoms with Gasteiger partial charge >= 0.3 is 5.97 Å². The van der Waals surface area contributed by atoms with Crippen LogP contribution in [0.2, 0.25) is 0 Å². The number of hydrogen-bond donors (Lipinski definition) is 0. The highest BCUT2D eigenvalue weighted by molar-refractivity contribution is 5.81. The van der Waals surface area contributed by atoms with E-state index in [1.54, 1.807) is 20.3 Å². The molecule has 0 spiro atoms. The highest BCUT2D eigenvalue weighted by Crippen LogP contribution is 2.21. The van der Waals surface area contributed by atoms with E-state index in [2.05, 4.69) is 37.4 Å². The van der Waals surface area contributed by atoms with Gasteiger partial charge < -0.3 is 23.7 Å². The van der Waals surface area contributed by atoms with Crippen molar-refractivity contribution in [1.82, 2.24) is 0 Å². The Labute approximate surface area is 256 Å². The molecule has 0 radical (unpaired) electrons. The van der Waals surface area contributed by atoms with Crippen molar-refractivity contribution >= 4 is 5.97 Å². The molecule has 0 saturated carbocycles. The summed E-state index contributed by atoms with van der Waals surface area (Å²) < 4.78 is 29.0. The molecule has 0 aromatic heterocycles. The van der Waals surface area contributed by atoms with Gasteiger partial charge in [-0.2, -0.15) is 0 Å². The lowest BCUT2D eigenvalue weighted by molar-refractivity contribution is -0.140. The molecule has 0 saturated heterocycles. The highest BCUT2D eigenvalue weighted by Gasteiger charge is 2.19. The van der Waals surface area contributed by atoms with Crippen LogP contribution in [0.1, 0.15) is 42.4 Å². The molecule has 0 N–H and O–H groups in total. The number of carbonyl (C=O) groups is 1. The minimum absolute atomic E-state index is 0.0425. The fourth-order valence-corrected chi connectivity index (χ4v) is 4.55. The molecule has 228 valence electrons. The molecule has 3 rings (SSSR count). The van der Waals surface area contributed by atoms with Crippen LogP contribution in [0, 0.1) is 0 Å². The van der Waals surface area contributed by atoms with Crippen molar-refractivity contribution in [2.45, 2.75) is 63.6 Å². The Hall–Kier alpha value is -4.13. The highest BCUT2D eigenvalue weighted by atomic mass is 16.5. The number of carbonyl (C=O) groups excluding carboxylic acids is 1. The zero-order valence-electron chi connectivity index (χ0n) is 25.4. The summed E-state index contributed by atoms with van der Waals surface area (Å²) in [6.07, 6.45) is 9.81. The summed E-state index contributed by atoms with van der Waals surface area (Å²) in [7, 11) is 3.32. The second-order valence-electron chi connectivity index (χ2n) is 10.2. The maximum absolute atomic E-state index is 11.8. The summed E-state index contributed by atoms with van der Waals surface area (Å²) >= 11 is 0. The van der Waals surface area contributed by atoms with Crippen molar-refractivity contribution < 1.29 is 28.5 Å². The van der Waals surface area contributed by atoms with E-state index < -0.39 is 12.1 Å². The third-order valence-corrected chi connectivity index (χ3v) is 7.00. The van der Waals surface area contributed by atoms with Gasteiger partial charge in [0.1, 0.15) is 17.6 Å². The zero-order chi connectivity index (χ0) is 30.7. The molecule has 3 aromatic carbocycles. The lowest BCUT2D eigenvalue weighted by Gasteiger charge is -2.24. The number of benzene rings is 3. The maximum atomic E-state index is 11.8. The van der Waals surface area contributed by atoms with Gasteiger partial charge in [0.2, 0.25) is 0 Å². The fraction of sp³-hybridized carbons (Fsp3) is 0.324. The molecule has 3 atom stereocenters.